The second-order valence-corrected chi connectivity index (χ2v) is 5.09. The van der Waals surface area contributed by atoms with Gasteiger partial charge in [0.05, 0.1) is 0 Å². The van der Waals surface area contributed by atoms with E-state index < -0.39 is 0 Å². The van der Waals surface area contributed by atoms with Crippen LogP contribution in [0.5, 0.6) is 5.75 Å². The average molecular weight is 256 g/mol. The summed E-state index contributed by atoms with van der Waals surface area (Å²) in [6.45, 7) is 8.25. The molecule has 0 heterocycles. The smallest absolute Gasteiger partial charge is 0.119 e. The van der Waals surface area contributed by atoms with E-state index in [1.54, 1.807) is 0 Å². The van der Waals surface area contributed by atoms with E-state index in [1.165, 1.54) is 0 Å². The van der Waals surface area contributed by atoms with Gasteiger partial charge in [0.2, 0.25) is 0 Å². The van der Waals surface area contributed by atoms with Crippen LogP contribution in [0.25, 0.3) is 0 Å². The van der Waals surface area contributed by atoms with E-state index in [0.717, 1.165) is 23.7 Å². The highest BCUT2D eigenvalue weighted by Gasteiger charge is 2.10. The molecule has 0 aliphatic carbocycles. The lowest BCUT2D eigenvalue weighted by Gasteiger charge is -2.20. The molecule has 1 unspecified atom stereocenters. The summed E-state index contributed by atoms with van der Waals surface area (Å²) in [5.41, 5.74) is 0. The van der Waals surface area contributed by atoms with Crippen LogP contribution in [0.1, 0.15) is 27.2 Å². The fourth-order valence-corrected chi connectivity index (χ4v) is 1.92. The third-order valence-corrected chi connectivity index (χ3v) is 2.77. The average Bonchev–Trinajstić information content (AvgIpc) is 2.27. The zero-order valence-electron chi connectivity index (χ0n) is 10.9. The summed E-state index contributed by atoms with van der Waals surface area (Å²) >= 11 is 5.83. The van der Waals surface area contributed by atoms with Gasteiger partial charge in [0.15, 0.2) is 0 Å². The van der Waals surface area contributed by atoms with Crippen molar-refractivity contribution >= 4 is 11.6 Å². The molecule has 0 amide bonds. The van der Waals surface area contributed by atoms with E-state index >= 15 is 0 Å². The van der Waals surface area contributed by atoms with E-state index in [9.17, 15) is 0 Å². The van der Waals surface area contributed by atoms with Gasteiger partial charge in [-0.15, -0.1) is 0 Å². The molecule has 0 fully saturated rings. The molecule has 0 spiro atoms. The van der Waals surface area contributed by atoms with Gasteiger partial charge in [0.25, 0.3) is 0 Å². The van der Waals surface area contributed by atoms with Crippen LogP contribution in [0.4, 0.5) is 0 Å². The van der Waals surface area contributed by atoms with Crippen LogP contribution in [-0.2, 0) is 0 Å². The largest absolute Gasteiger partial charge is 0.492 e. The first-order valence-corrected chi connectivity index (χ1v) is 6.61. The van der Waals surface area contributed by atoms with Crippen LogP contribution < -0.4 is 10.1 Å². The lowest BCUT2D eigenvalue weighted by molar-refractivity contribution is 0.246. The molecule has 1 atom stereocenters. The van der Waals surface area contributed by atoms with E-state index in [2.05, 4.69) is 26.1 Å². The number of nitrogens with one attached hydrogen (secondary N) is 1. The molecule has 1 aromatic carbocycles. The van der Waals surface area contributed by atoms with Gasteiger partial charge in [-0.25, -0.2) is 0 Å². The van der Waals surface area contributed by atoms with Crippen molar-refractivity contribution in [1.82, 2.24) is 5.32 Å². The van der Waals surface area contributed by atoms with Gasteiger partial charge < -0.3 is 10.1 Å². The van der Waals surface area contributed by atoms with Crippen LogP contribution >= 0.6 is 11.6 Å². The molecule has 96 valence electrons. The maximum atomic E-state index is 5.83. The van der Waals surface area contributed by atoms with Gasteiger partial charge in [-0.05, 0) is 43.1 Å². The van der Waals surface area contributed by atoms with Gasteiger partial charge in [0, 0.05) is 11.1 Å². The zero-order valence-corrected chi connectivity index (χ0v) is 11.6. The second-order valence-electron chi connectivity index (χ2n) is 4.65. The number of rotatable bonds is 7. The van der Waals surface area contributed by atoms with Gasteiger partial charge in [0.1, 0.15) is 12.4 Å². The quantitative estimate of drug-likeness (QED) is 0.801. The topological polar surface area (TPSA) is 21.3 Å². The number of ether oxygens (including phenoxy) is 1. The molecule has 0 saturated heterocycles. The number of halogens is 1. The summed E-state index contributed by atoms with van der Waals surface area (Å²) in [4.78, 5) is 0. The standard InChI is InChI=1S/C14H22ClNO/c1-4-16-13(9-11(2)3)10-17-14-7-5-12(15)6-8-14/h5-8,11,13,16H,4,9-10H2,1-3H3. The lowest BCUT2D eigenvalue weighted by Crippen LogP contribution is -2.35. The highest BCUT2D eigenvalue weighted by Crippen LogP contribution is 2.16. The van der Waals surface area contributed by atoms with Gasteiger partial charge in [-0.1, -0.05) is 32.4 Å². The van der Waals surface area contributed by atoms with Crippen molar-refractivity contribution in [2.45, 2.75) is 33.2 Å². The minimum atomic E-state index is 0.413. The summed E-state index contributed by atoms with van der Waals surface area (Å²) in [6, 6.07) is 7.92. The minimum Gasteiger partial charge on any atom is -0.492 e. The zero-order chi connectivity index (χ0) is 12.7. The Morgan fingerprint density at radius 2 is 1.88 bits per heavy atom. The molecule has 2 nitrogen and oxygen atoms in total. The Labute approximate surface area is 109 Å². The Kier molecular flexibility index (Phi) is 6.38. The van der Waals surface area contributed by atoms with Crippen molar-refractivity contribution in [3.63, 3.8) is 0 Å². The third-order valence-electron chi connectivity index (χ3n) is 2.51. The first-order valence-electron chi connectivity index (χ1n) is 6.23. The molecule has 0 aromatic heterocycles. The van der Waals surface area contributed by atoms with Crippen LogP contribution in [0.3, 0.4) is 0 Å². The van der Waals surface area contributed by atoms with Crippen LogP contribution in [-0.4, -0.2) is 19.2 Å². The van der Waals surface area contributed by atoms with Gasteiger partial charge in [-0.3, -0.25) is 0 Å². The van der Waals surface area contributed by atoms with Crippen molar-refractivity contribution in [3.8, 4) is 5.75 Å². The molecule has 1 aromatic rings. The van der Waals surface area contributed by atoms with Gasteiger partial charge in [-0.2, -0.15) is 0 Å². The lowest BCUT2D eigenvalue weighted by atomic mass is 10.0. The Bertz CT molecular complexity index is 311. The van der Waals surface area contributed by atoms with Crippen molar-refractivity contribution < 1.29 is 4.74 Å². The first-order chi connectivity index (χ1) is 8.11. The van der Waals surface area contributed by atoms with E-state index in [0.29, 0.717) is 18.6 Å². The summed E-state index contributed by atoms with van der Waals surface area (Å²) in [5.74, 6) is 1.55. The number of hydrogen-bond donors (Lipinski definition) is 1. The fraction of sp³-hybridized carbons (Fsp3) is 0.571. The highest BCUT2D eigenvalue weighted by molar-refractivity contribution is 6.30. The molecule has 17 heavy (non-hydrogen) atoms. The van der Waals surface area contributed by atoms with Gasteiger partial charge >= 0.3 is 0 Å². The maximum absolute atomic E-state index is 5.83. The Morgan fingerprint density at radius 3 is 2.41 bits per heavy atom. The first kappa shape index (κ1) is 14.3. The van der Waals surface area contributed by atoms with Crippen LogP contribution in [0, 0.1) is 5.92 Å². The van der Waals surface area contributed by atoms with Crippen molar-refractivity contribution in [3.05, 3.63) is 29.3 Å². The van der Waals surface area contributed by atoms with Crippen molar-refractivity contribution in [2.75, 3.05) is 13.2 Å². The number of benzene rings is 1. The Balaban J connectivity index is 2.42. The molecule has 0 aliphatic rings. The van der Waals surface area contributed by atoms with Crippen molar-refractivity contribution in [1.29, 1.82) is 0 Å². The molecular formula is C14H22ClNO. The van der Waals surface area contributed by atoms with Crippen LogP contribution in [0.2, 0.25) is 5.02 Å². The number of likely N-dealkylation sites (N-methyl/N-ethyl adjacent to an activating group) is 1. The molecular weight excluding hydrogens is 234 g/mol. The monoisotopic (exact) mass is 255 g/mol. The molecule has 0 aliphatic heterocycles. The molecule has 1 rings (SSSR count). The maximum Gasteiger partial charge on any atom is 0.119 e. The molecule has 3 heteroatoms. The molecule has 0 saturated carbocycles. The fourth-order valence-electron chi connectivity index (χ4n) is 1.80. The predicted octanol–water partition coefficient (Wildman–Crippen LogP) is 3.74. The van der Waals surface area contributed by atoms with E-state index in [4.69, 9.17) is 16.3 Å². The highest BCUT2D eigenvalue weighted by atomic mass is 35.5. The Hall–Kier alpha value is -0.730. The number of hydrogen-bond acceptors (Lipinski definition) is 2. The predicted molar refractivity (Wildman–Crippen MR) is 73.9 cm³/mol. The molecule has 1 N–H and O–H groups in total. The van der Waals surface area contributed by atoms with Crippen LogP contribution in [0.15, 0.2) is 24.3 Å². The van der Waals surface area contributed by atoms with E-state index in [1.807, 2.05) is 24.3 Å². The summed E-state index contributed by atoms with van der Waals surface area (Å²) in [5, 5.41) is 4.18. The van der Waals surface area contributed by atoms with E-state index in [-0.39, 0.29) is 0 Å². The molecule has 0 radical (unpaired) electrons. The normalized spacial score (nSPS) is 12.8. The molecule has 0 bridgehead atoms. The SMILES string of the molecule is CCNC(COc1ccc(Cl)cc1)CC(C)C. The summed E-state index contributed by atoms with van der Waals surface area (Å²) < 4.78 is 5.76. The Morgan fingerprint density at radius 1 is 1.24 bits per heavy atom. The second kappa shape index (κ2) is 7.57. The summed E-state index contributed by atoms with van der Waals surface area (Å²) in [6.07, 6.45) is 1.13. The minimum absolute atomic E-state index is 0.413. The summed E-state index contributed by atoms with van der Waals surface area (Å²) in [7, 11) is 0. The third kappa shape index (κ3) is 5.94. The van der Waals surface area contributed by atoms with Crippen molar-refractivity contribution in [2.24, 2.45) is 5.92 Å².